The lowest BCUT2D eigenvalue weighted by Crippen LogP contribution is -2.18. The molecule has 0 radical (unpaired) electrons. The van der Waals surface area contributed by atoms with Crippen LogP contribution in [-0.4, -0.2) is 77.7 Å². The normalized spacial score (nSPS) is 10.7. The minimum absolute atomic E-state index is 0.00312. The van der Waals surface area contributed by atoms with Crippen LogP contribution < -0.4 is 0 Å². The fraction of sp³-hybridized carbons (Fsp3) is 0.300. The summed E-state index contributed by atoms with van der Waals surface area (Å²) >= 11 is 0. The second-order valence-corrected chi connectivity index (χ2v) is 6.64. The van der Waals surface area contributed by atoms with Gasteiger partial charge in [0.05, 0.1) is 0 Å². The van der Waals surface area contributed by atoms with E-state index in [-0.39, 0.29) is 61.2 Å². The number of aliphatic hydroxyl groups is 2. The standard InChI is InChI=1S/C20H20N2O10/c23-5-1-3-10-14(9-7-12(17(25)26)21-13(8-9)18(27)28)11(4-2-6-24)16(20(31)32)22-15(10)19(29)30/h7-8,23-24H,1-6H2,(H,25,26)(H,27,28)(H,29,30)(H,31,32). The Morgan fingerprint density at radius 2 is 1.06 bits per heavy atom. The maximum Gasteiger partial charge on any atom is 0.354 e. The van der Waals surface area contributed by atoms with Crippen LogP contribution >= 0.6 is 0 Å². The predicted molar refractivity (Wildman–Crippen MR) is 106 cm³/mol. The number of rotatable bonds is 11. The van der Waals surface area contributed by atoms with Crippen molar-refractivity contribution in [1.82, 2.24) is 9.97 Å². The average molecular weight is 448 g/mol. The number of aliphatic hydroxyl groups excluding tert-OH is 2. The van der Waals surface area contributed by atoms with Crippen LogP contribution in [0.3, 0.4) is 0 Å². The van der Waals surface area contributed by atoms with Crippen LogP contribution in [0.5, 0.6) is 0 Å². The minimum Gasteiger partial charge on any atom is -0.477 e. The number of pyridine rings is 2. The molecule has 2 aromatic rings. The molecule has 0 aliphatic rings. The first-order valence-electron chi connectivity index (χ1n) is 9.35. The van der Waals surface area contributed by atoms with Crippen molar-refractivity contribution in [3.05, 3.63) is 46.0 Å². The van der Waals surface area contributed by atoms with Gasteiger partial charge in [-0.25, -0.2) is 29.1 Å². The van der Waals surface area contributed by atoms with E-state index in [1.807, 2.05) is 0 Å². The lowest BCUT2D eigenvalue weighted by molar-refractivity contribution is 0.0662. The maximum atomic E-state index is 11.9. The molecule has 2 aromatic heterocycles. The number of aromatic nitrogens is 2. The molecule has 0 aliphatic carbocycles. The van der Waals surface area contributed by atoms with Gasteiger partial charge < -0.3 is 30.6 Å². The van der Waals surface area contributed by atoms with Gasteiger partial charge in [0.1, 0.15) is 11.4 Å². The average Bonchev–Trinajstić information content (AvgIpc) is 2.74. The summed E-state index contributed by atoms with van der Waals surface area (Å²) in [4.78, 5) is 54.0. The van der Waals surface area contributed by atoms with Gasteiger partial charge in [-0.15, -0.1) is 0 Å². The molecular weight excluding hydrogens is 428 g/mol. The first-order valence-corrected chi connectivity index (χ1v) is 9.35. The van der Waals surface area contributed by atoms with E-state index in [9.17, 15) is 49.8 Å². The summed E-state index contributed by atoms with van der Waals surface area (Å²) in [5, 5.41) is 56.5. The Morgan fingerprint density at radius 1 is 0.656 bits per heavy atom. The zero-order chi connectivity index (χ0) is 24.0. The highest BCUT2D eigenvalue weighted by molar-refractivity contribution is 5.98. The molecule has 12 nitrogen and oxygen atoms in total. The third-order valence-electron chi connectivity index (χ3n) is 4.53. The summed E-state index contributed by atoms with van der Waals surface area (Å²) < 4.78 is 0. The van der Waals surface area contributed by atoms with Crippen molar-refractivity contribution in [2.45, 2.75) is 25.7 Å². The molecule has 0 saturated heterocycles. The van der Waals surface area contributed by atoms with Crippen molar-refractivity contribution in [3.8, 4) is 11.1 Å². The van der Waals surface area contributed by atoms with Gasteiger partial charge in [0, 0.05) is 13.2 Å². The molecule has 0 spiro atoms. The number of hydrogen-bond acceptors (Lipinski definition) is 8. The van der Waals surface area contributed by atoms with E-state index >= 15 is 0 Å². The van der Waals surface area contributed by atoms with Crippen molar-refractivity contribution in [1.29, 1.82) is 0 Å². The van der Waals surface area contributed by atoms with Gasteiger partial charge in [-0.2, -0.15) is 0 Å². The number of carboxylic acid groups (broad SMARTS) is 4. The van der Waals surface area contributed by atoms with Crippen LogP contribution in [-0.2, 0) is 12.8 Å². The van der Waals surface area contributed by atoms with E-state index in [4.69, 9.17) is 0 Å². The fourth-order valence-corrected chi connectivity index (χ4v) is 3.26. The first kappa shape index (κ1) is 24.4. The quantitative estimate of drug-likeness (QED) is 0.281. The predicted octanol–water partition coefficient (Wildman–Crippen LogP) is 0.786. The second kappa shape index (κ2) is 10.4. The van der Waals surface area contributed by atoms with E-state index in [1.54, 1.807) is 0 Å². The van der Waals surface area contributed by atoms with Crippen LogP contribution in [0.1, 0.15) is 65.9 Å². The van der Waals surface area contributed by atoms with E-state index in [0.717, 1.165) is 12.1 Å². The summed E-state index contributed by atoms with van der Waals surface area (Å²) in [5.74, 6) is -6.20. The fourth-order valence-electron chi connectivity index (χ4n) is 3.26. The Bertz CT molecular complexity index is 1000. The topological polar surface area (TPSA) is 215 Å². The van der Waals surface area contributed by atoms with Gasteiger partial charge in [0.2, 0.25) is 0 Å². The minimum atomic E-state index is -1.55. The summed E-state index contributed by atoms with van der Waals surface area (Å²) in [6.07, 6.45) is 0.00615. The summed E-state index contributed by atoms with van der Waals surface area (Å²) in [5.41, 5.74) is -2.63. The maximum absolute atomic E-state index is 11.9. The van der Waals surface area contributed by atoms with Crippen LogP contribution in [0.25, 0.3) is 11.1 Å². The molecule has 0 fully saturated rings. The Morgan fingerprint density at radius 3 is 1.38 bits per heavy atom. The van der Waals surface area contributed by atoms with Gasteiger partial charge >= 0.3 is 23.9 Å². The number of nitrogens with zero attached hydrogens (tertiary/aromatic N) is 2. The van der Waals surface area contributed by atoms with E-state index < -0.39 is 46.7 Å². The molecule has 12 heteroatoms. The smallest absolute Gasteiger partial charge is 0.354 e. The molecule has 0 atom stereocenters. The van der Waals surface area contributed by atoms with Crippen molar-refractivity contribution >= 4 is 23.9 Å². The SMILES string of the molecule is O=C(O)c1cc(-c2c(CCCO)c(C(=O)O)nc(C(=O)O)c2CCCO)cc(C(=O)O)n1. The zero-order valence-electron chi connectivity index (χ0n) is 16.6. The van der Waals surface area contributed by atoms with Crippen LogP contribution in [0.4, 0.5) is 0 Å². The number of aromatic carboxylic acids is 4. The van der Waals surface area contributed by atoms with Crippen LogP contribution in [0.15, 0.2) is 12.1 Å². The number of carboxylic acids is 4. The Kier molecular flexibility index (Phi) is 7.93. The highest BCUT2D eigenvalue weighted by Gasteiger charge is 2.28. The van der Waals surface area contributed by atoms with E-state index in [0.29, 0.717) is 0 Å². The Balaban J connectivity index is 3.06. The molecule has 0 aliphatic heterocycles. The van der Waals surface area contributed by atoms with Gasteiger partial charge in [-0.1, -0.05) is 0 Å². The molecular formula is C20H20N2O10. The van der Waals surface area contributed by atoms with Gasteiger partial charge in [0.25, 0.3) is 0 Å². The van der Waals surface area contributed by atoms with Crippen LogP contribution in [0, 0.1) is 0 Å². The summed E-state index contributed by atoms with van der Waals surface area (Å²) in [6, 6.07) is 2.01. The Hall–Kier alpha value is -3.90. The number of carbonyl (C=O) groups is 4. The van der Waals surface area contributed by atoms with Crippen molar-refractivity contribution in [2.24, 2.45) is 0 Å². The summed E-state index contributed by atoms with van der Waals surface area (Å²) in [7, 11) is 0. The zero-order valence-corrected chi connectivity index (χ0v) is 16.6. The monoisotopic (exact) mass is 448 g/mol. The van der Waals surface area contributed by atoms with Gasteiger partial charge in [0.15, 0.2) is 11.4 Å². The highest BCUT2D eigenvalue weighted by atomic mass is 16.4. The largest absolute Gasteiger partial charge is 0.477 e. The first-order chi connectivity index (χ1) is 15.1. The molecule has 32 heavy (non-hydrogen) atoms. The molecule has 2 heterocycles. The lowest BCUT2D eigenvalue weighted by Gasteiger charge is -2.20. The Labute approximate surface area is 180 Å². The van der Waals surface area contributed by atoms with Gasteiger partial charge in [-0.05, 0) is 60.1 Å². The molecule has 0 bridgehead atoms. The molecule has 0 amide bonds. The van der Waals surface area contributed by atoms with Crippen LogP contribution in [0.2, 0.25) is 0 Å². The molecule has 6 N–H and O–H groups in total. The molecule has 170 valence electrons. The summed E-state index contributed by atoms with van der Waals surface area (Å²) in [6.45, 7) is -0.662. The van der Waals surface area contributed by atoms with Crippen molar-refractivity contribution in [2.75, 3.05) is 13.2 Å². The highest BCUT2D eigenvalue weighted by Crippen LogP contribution is 2.34. The van der Waals surface area contributed by atoms with Crippen molar-refractivity contribution < 1.29 is 49.8 Å². The number of hydrogen-bond donors (Lipinski definition) is 6. The third kappa shape index (κ3) is 5.22. The van der Waals surface area contributed by atoms with E-state index in [1.165, 1.54) is 0 Å². The third-order valence-corrected chi connectivity index (χ3v) is 4.53. The van der Waals surface area contributed by atoms with Gasteiger partial charge in [-0.3, -0.25) is 0 Å². The molecule has 2 rings (SSSR count). The second-order valence-electron chi connectivity index (χ2n) is 6.64. The molecule has 0 aromatic carbocycles. The van der Waals surface area contributed by atoms with E-state index in [2.05, 4.69) is 9.97 Å². The van der Waals surface area contributed by atoms with Crippen molar-refractivity contribution in [3.63, 3.8) is 0 Å². The lowest BCUT2D eigenvalue weighted by atomic mass is 9.87. The molecule has 0 unspecified atom stereocenters. The molecule has 0 saturated carbocycles.